The van der Waals surface area contributed by atoms with Crippen molar-refractivity contribution >= 4 is 17.5 Å². The van der Waals surface area contributed by atoms with Crippen molar-refractivity contribution in [3.05, 3.63) is 18.2 Å². The van der Waals surface area contributed by atoms with Gasteiger partial charge in [-0.1, -0.05) is 13.8 Å². The maximum Gasteiger partial charge on any atom is 0.222 e. The Kier molecular flexibility index (Phi) is 4.93. The molecular formula is C11H17ClFN3. The Balaban J connectivity index is 2.58. The SMILES string of the molecule is CCC(CC)(CCl)CNc1ncc(F)cn1. The fourth-order valence-corrected chi connectivity index (χ4v) is 1.88. The molecule has 0 fully saturated rings. The van der Waals surface area contributed by atoms with Crippen LogP contribution < -0.4 is 5.32 Å². The molecule has 0 spiro atoms. The van der Waals surface area contributed by atoms with Crippen LogP contribution in [0.4, 0.5) is 10.3 Å². The lowest BCUT2D eigenvalue weighted by Gasteiger charge is -2.29. The third kappa shape index (κ3) is 3.30. The van der Waals surface area contributed by atoms with E-state index in [9.17, 15) is 4.39 Å². The highest BCUT2D eigenvalue weighted by atomic mass is 35.5. The van der Waals surface area contributed by atoms with Gasteiger partial charge >= 0.3 is 0 Å². The Morgan fingerprint density at radius 1 is 1.31 bits per heavy atom. The summed E-state index contributed by atoms with van der Waals surface area (Å²) < 4.78 is 12.6. The molecule has 0 amide bonds. The molecule has 1 rings (SSSR count). The maximum absolute atomic E-state index is 12.6. The molecule has 1 heterocycles. The summed E-state index contributed by atoms with van der Waals surface area (Å²) in [5, 5.41) is 3.09. The number of nitrogens with zero attached hydrogens (tertiary/aromatic N) is 2. The van der Waals surface area contributed by atoms with Crippen LogP contribution in [-0.4, -0.2) is 22.4 Å². The van der Waals surface area contributed by atoms with Crippen molar-refractivity contribution in [2.24, 2.45) is 5.41 Å². The van der Waals surface area contributed by atoms with E-state index >= 15 is 0 Å². The number of hydrogen-bond acceptors (Lipinski definition) is 3. The lowest BCUT2D eigenvalue weighted by molar-refractivity contribution is 0.326. The van der Waals surface area contributed by atoms with Gasteiger partial charge in [-0.2, -0.15) is 0 Å². The molecule has 1 aromatic rings. The Morgan fingerprint density at radius 3 is 2.31 bits per heavy atom. The molecule has 90 valence electrons. The normalized spacial score (nSPS) is 11.5. The van der Waals surface area contributed by atoms with Gasteiger partial charge in [0.05, 0.1) is 12.4 Å². The molecule has 0 aliphatic heterocycles. The number of hydrogen-bond donors (Lipinski definition) is 1. The van der Waals surface area contributed by atoms with Crippen molar-refractivity contribution in [1.29, 1.82) is 0 Å². The number of anilines is 1. The molecule has 16 heavy (non-hydrogen) atoms. The molecule has 0 saturated carbocycles. The molecule has 0 saturated heterocycles. The maximum atomic E-state index is 12.6. The zero-order valence-corrected chi connectivity index (χ0v) is 10.4. The van der Waals surface area contributed by atoms with E-state index in [4.69, 9.17) is 11.6 Å². The summed E-state index contributed by atoms with van der Waals surface area (Å²) in [7, 11) is 0. The Hall–Kier alpha value is -0.900. The van der Waals surface area contributed by atoms with Crippen molar-refractivity contribution in [2.45, 2.75) is 26.7 Å². The summed E-state index contributed by atoms with van der Waals surface area (Å²) in [4.78, 5) is 7.69. The molecule has 0 atom stereocenters. The number of halogens is 2. The summed E-state index contributed by atoms with van der Waals surface area (Å²) in [5.41, 5.74) is 0.0549. The summed E-state index contributed by atoms with van der Waals surface area (Å²) in [6.45, 7) is 4.92. The second kappa shape index (κ2) is 5.99. The molecule has 0 aliphatic carbocycles. The van der Waals surface area contributed by atoms with E-state index < -0.39 is 5.82 Å². The largest absolute Gasteiger partial charge is 0.354 e. The summed E-state index contributed by atoms with van der Waals surface area (Å²) in [6.07, 6.45) is 4.27. The molecule has 0 radical (unpaired) electrons. The fraction of sp³-hybridized carbons (Fsp3) is 0.636. The number of aromatic nitrogens is 2. The van der Waals surface area contributed by atoms with Crippen LogP contribution in [0.3, 0.4) is 0 Å². The van der Waals surface area contributed by atoms with E-state index in [-0.39, 0.29) is 5.41 Å². The van der Waals surface area contributed by atoms with Gasteiger partial charge in [0.25, 0.3) is 0 Å². The van der Waals surface area contributed by atoms with E-state index in [0.717, 1.165) is 25.2 Å². The van der Waals surface area contributed by atoms with E-state index in [2.05, 4.69) is 29.1 Å². The molecule has 1 aromatic heterocycles. The van der Waals surface area contributed by atoms with Crippen LogP contribution in [0.15, 0.2) is 12.4 Å². The van der Waals surface area contributed by atoms with Crippen molar-refractivity contribution < 1.29 is 4.39 Å². The van der Waals surface area contributed by atoms with Crippen molar-refractivity contribution in [3.63, 3.8) is 0 Å². The third-order valence-electron chi connectivity index (χ3n) is 3.03. The Labute approximate surface area is 100 Å². The highest BCUT2D eigenvalue weighted by Gasteiger charge is 2.24. The molecule has 0 unspecified atom stereocenters. The van der Waals surface area contributed by atoms with Crippen LogP contribution in [-0.2, 0) is 0 Å². The average molecular weight is 246 g/mol. The van der Waals surface area contributed by atoms with Crippen LogP contribution in [0, 0.1) is 11.2 Å². The molecule has 3 nitrogen and oxygen atoms in total. The third-order valence-corrected chi connectivity index (χ3v) is 3.59. The first-order valence-corrected chi connectivity index (χ1v) is 5.96. The summed E-state index contributed by atoms with van der Waals surface area (Å²) in [6, 6.07) is 0. The van der Waals surface area contributed by atoms with Crippen LogP contribution in [0.2, 0.25) is 0 Å². The standard InChI is InChI=1S/C11H17ClFN3/c1-3-11(4-2,7-12)8-16-10-14-5-9(13)6-15-10/h5-6H,3-4,7-8H2,1-2H3,(H,14,15,16). The van der Waals surface area contributed by atoms with E-state index in [1.165, 1.54) is 0 Å². The second-order valence-corrected chi connectivity index (χ2v) is 4.19. The van der Waals surface area contributed by atoms with Crippen LogP contribution in [0.5, 0.6) is 0 Å². The second-order valence-electron chi connectivity index (χ2n) is 3.92. The molecule has 0 bridgehead atoms. The monoisotopic (exact) mass is 245 g/mol. The van der Waals surface area contributed by atoms with Crippen molar-refractivity contribution in [1.82, 2.24) is 9.97 Å². The van der Waals surface area contributed by atoms with Gasteiger partial charge in [-0.05, 0) is 12.8 Å². The van der Waals surface area contributed by atoms with Gasteiger partial charge in [0.1, 0.15) is 0 Å². The van der Waals surface area contributed by atoms with E-state index in [0.29, 0.717) is 18.4 Å². The van der Waals surface area contributed by atoms with Crippen molar-refractivity contribution in [2.75, 3.05) is 17.7 Å². The van der Waals surface area contributed by atoms with Gasteiger partial charge in [0, 0.05) is 17.8 Å². The zero-order valence-electron chi connectivity index (χ0n) is 9.63. The van der Waals surface area contributed by atoms with Gasteiger partial charge < -0.3 is 5.32 Å². The lowest BCUT2D eigenvalue weighted by atomic mass is 9.84. The molecular weight excluding hydrogens is 229 g/mol. The molecule has 0 aliphatic rings. The van der Waals surface area contributed by atoms with Gasteiger partial charge in [-0.15, -0.1) is 11.6 Å². The van der Waals surface area contributed by atoms with Crippen LogP contribution >= 0.6 is 11.6 Å². The van der Waals surface area contributed by atoms with Gasteiger partial charge in [0.15, 0.2) is 5.82 Å². The highest BCUT2D eigenvalue weighted by Crippen LogP contribution is 2.27. The predicted octanol–water partition coefficient (Wildman–Crippen LogP) is 3.07. The highest BCUT2D eigenvalue weighted by molar-refractivity contribution is 6.18. The fourth-order valence-electron chi connectivity index (χ4n) is 1.41. The van der Waals surface area contributed by atoms with Gasteiger partial charge in [-0.3, -0.25) is 0 Å². The van der Waals surface area contributed by atoms with Gasteiger partial charge in [0.2, 0.25) is 5.95 Å². The number of alkyl halides is 1. The molecule has 5 heteroatoms. The Bertz CT molecular complexity index is 303. The summed E-state index contributed by atoms with van der Waals surface area (Å²) in [5.74, 6) is 0.603. The number of rotatable bonds is 6. The number of nitrogens with one attached hydrogen (secondary N) is 1. The first-order valence-electron chi connectivity index (χ1n) is 5.43. The first-order chi connectivity index (χ1) is 7.65. The smallest absolute Gasteiger partial charge is 0.222 e. The first kappa shape index (κ1) is 13.2. The summed E-state index contributed by atoms with van der Waals surface area (Å²) >= 11 is 5.98. The van der Waals surface area contributed by atoms with Crippen LogP contribution in [0.1, 0.15) is 26.7 Å². The van der Waals surface area contributed by atoms with E-state index in [1.54, 1.807) is 0 Å². The topological polar surface area (TPSA) is 37.8 Å². The quantitative estimate of drug-likeness (QED) is 0.783. The zero-order chi connectivity index (χ0) is 12.0. The minimum atomic E-state index is -0.430. The minimum Gasteiger partial charge on any atom is -0.354 e. The van der Waals surface area contributed by atoms with Crippen LogP contribution in [0.25, 0.3) is 0 Å². The average Bonchev–Trinajstić information content (AvgIpc) is 2.34. The van der Waals surface area contributed by atoms with Gasteiger partial charge in [-0.25, -0.2) is 14.4 Å². The van der Waals surface area contributed by atoms with E-state index in [1.807, 2.05) is 0 Å². The minimum absolute atomic E-state index is 0.0549. The predicted molar refractivity (Wildman–Crippen MR) is 64.2 cm³/mol. The Morgan fingerprint density at radius 2 is 1.88 bits per heavy atom. The molecule has 1 N–H and O–H groups in total. The lowest BCUT2D eigenvalue weighted by Crippen LogP contribution is -2.30. The molecule has 0 aromatic carbocycles. The van der Waals surface area contributed by atoms with Crippen molar-refractivity contribution in [3.8, 4) is 0 Å².